The number of aromatic nitrogens is 3. The van der Waals surface area contributed by atoms with E-state index in [0.717, 1.165) is 0 Å². The average Bonchev–Trinajstić information content (AvgIpc) is 2.60. The SMILES string of the molecule is FC(F)(F)C(F)(F)Cn1ncc2ccncc21. The van der Waals surface area contributed by atoms with E-state index >= 15 is 0 Å². The van der Waals surface area contributed by atoms with Gasteiger partial charge in [0.15, 0.2) is 0 Å². The zero-order valence-corrected chi connectivity index (χ0v) is 8.25. The maximum atomic E-state index is 12.8. The zero-order valence-electron chi connectivity index (χ0n) is 8.25. The molecule has 0 amide bonds. The summed E-state index contributed by atoms with van der Waals surface area (Å²) in [5.41, 5.74) is 0.136. The Hall–Kier alpha value is -1.73. The molecule has 0 aromatic carbocycles. The van der Waals surface area contributed by atoms with E-state index in [4.69, 9.17) is 0 Å². The molecule has 2 aromatic rings. The van der Waals surface area contributed by atoms with Crippen molar-refractivity contribution in [3.63, 3.8) is 0 Å². The Morgan fingerprint density at radius 1 is 1.12 bits per heavy atom. The normalized spacial score (nSPS) is 13.2. The summed E-state index contributed by atoms with van der Waals surface area (Å²) >= 11 is 0. The van der Waals surface area contributed by atoms with Crippen molar-refractivity contribution in [2.45, 2.75) is 18.6 Å². The summed E-state index contributed by atoms with van der Waals surface area (Å²) in [6.45, 7) is -1.55. The van der Waals surface area contributed by atoms with Gasteiger partial charge in [0.1, 0.15) is 6.54 Å². The number of fused-ring (bicyclic) bond motifs is 1. The number of rotatable bonds is 2. The summed E-state index contributed by atoms with van der Waals surface area (Å²) in [5, 5.41) is 3.95. The summed E-state index contributed by atoms with van der Waals surface area (Å²) in [7, 11) is 0. The molecule has 0 aliphatic rings. The fourth-order valence-electron chi connectivity index (χ4n) is 1.32. The maximum absolute atomic E-state index is 12.8. The highest BCUT2D eigenvalue weighted by Gasteiger charge is 2.57. The van der Waals surface area contributed by atoms with E-state index in [1.54, 1.807) is 0 Å². The summed E-state index contributed by atoms with van der Waals surface area (Å²) in [4.78, 5) is 3.65. The van der Waals surface area contributed by atoms with Crippen LogP contribution in [-0.4, -0.2) is 26.9 Å². The lowest BCUT2D eigenvalue weighted by Gasteiger charge is -2.19. The van der Waals surface area contributed by atoms with Crippen LogP contribution in [-0.2, 0) is 6.54 Å². The van der Waals surface area contributed by atoms with E-state index in [1.807, 2.05) is 0 Å². The summed E-state index contributed by atoms with van der Waals surface area (Å²) < 4.78 is 62.3. The van der Waals surface area contributed by atoms with Crippen LogP contribution in [0.1, 0.15) is 0 Å². The number of hydrogen-bond acceptors (Lipinski definition) is 2. The molecule has 2 aromatic heterocycles. The Balaban J connectivity index is 2.37. The van der Waals surface area contributed by atoms with Crippen LogP contribution in [0.25, 0.3) is 10.9 Å². The number of halogens is 5. The third-order valence-electron chi connectivity index (χ3n) is 2.21. The van der Waals surface area contributed by atoms with Gasteiger partial charge in [0.2, 0.25) is 0 Å². The molecule has 0 unspecified atom stereocenters. The van der Waals surface area contributed by atoms with Crippen LogP contribution >= 0.6 is 0 Å². The quantitative estimate of drug-likeness (QED) is 0.768. The van der Waals surface area contributed by atoms with Crippen LogP contribution < -0.4 is 0 Å². The Bertz CT molecular complexity index is 531. The molecule has 0 spiro atoms. The highest BCUT2D eigenvalue weighted by atomic mass is 19.4. The first-order chi connectivity index (χ1) is 7.81. The summed E-state index contributed by atoms with van der Waals surface area (Å²) in [6, 6.07) is 1.48. The number of hydrogen-bond donors (Lipinski definition) is 0. The van der Waals surface area contributed by atoms with E-state index in [1.165, 1.54) is 24.7 Å². The lowest BCUT2D eigenvalue weighted by Crippen LogP contribution is -2.40. The van der Waals surface area contributed by atoms with Crippen molar-refractivity contribution in [2.24, 2.45) is 0 Å². The molecule has 0 aliphatic heterocycles. The Labute approximate surface area is 91.9 Å². The summed E-state index contributed by atoms with van der Waals surface area (Å²) in [5.74, 6) is -4.82. The topological polar surface area (TPSA) is 30.7 Å². The van der Waals surface area contributed by atoms with Gasteiger partial charge in [-0.15, -0.1) is 0 Å². The van der Waals surface area contributed by atoms with Crippen molar-refractivity contribution >= 4 is 10.9 Å². The van der Waals surface area contributed by atoms with E-state index in [9.17, 15) is 22.0 Å². The second-order valence-corrected chi connectivity index (χ2v) is 3.44. The first-order valence-electron chi connectivity index (χ1n) is 4.51. The minimum atomic E-state index is -5.59. The molecule has 0 atom stereocenters. The lowest BCUT2D eigenvalue weighted by molar-refractivity contribution is -0.287. The zero-order chi connectivity index (χ0) is 12.7. The van der Waals surface area contributed by atoms with Gasteiger partial charge < -0.3 is 0 Å². The van der Waals surface area contributed by atoms with Crippen molar-refractivity contribution < 1.29 is 22.0 Å². The average molecular weight is 251 g/mol. The highest BCUT2D eigenvalue weighted by Crippen LogP contribution is 2.36. The first kappa shape index (κ1) is 11.7. The van der Waals surface area contributed by atoms with Crippen molar-refractivity contribution in [2.75, 3.05) is 0 Å². The fraction of sp³-hybridized carbons (Fsp3) is 0.333. The monoisotopic (exact) mass is 251 g/mol. The van der Waals surface area contributed by atoms with Gasteiger partial charge in [-0.05, 0) is 6.07 Å². The van der Waals surface area contributed by atoms with Gasteiger partial charge in [-0.1, -0.05) is 0 Å². The molecular weight excluding hydrogens is 245 g/mol. The highest BCUT2D eigenvalue weighted by molar-refractivity contribution is 5.77. The van der Waals surface area contributed by atoms with Gasteiger partial charge in [-0.3, -0.25) is 9.67 Å². The predicted molar refractivity (Wildman–Crippen MR) is 48.5 cm³/mol. The van der Waals surface area contributed by atoms with Gasteiger partial charge in [-0.2, -0.15) is 27.1 Å². The van der Waals surface area contributed by atoms with Crippen LogP contribution in [0.4, 0.5) is 22.0 Å². The van der Waals surface area contributed by atoms with Gasteiger partial charge in [0.25, 0.3) is 0 Å². The number of pyridine rings is 1. The standard InChI is InChI=1S/C9H6F5N3/c10-8(11,9(12,13)14)5-17-7-4-15-2-1-6(7)3-16-17/h1-4H,5H2. The maximum Gasteiger partial charge on any atom is 0.455 e. The molecule has 2 rings (SSSR count). The van der Waals surface area contributed by atoms with E-state index in [2.05, 4.69) is 10.1 Å². The van der Waals surface area contributed by atoms with E-state index < -0.39 is 18.6 Å². The third kappa shape index (κ3) is 2.06. The molecule has 0 radical (unpaired) electrons. The van der Waals surface area contributed by atoms with Crippen molar-refractivity contribution in [1.82, 2.24) is 14.8 Å². The molecule has 92 valence electrons. The molecule has 3 nitrogen and oxygen atoms in total. The molecule has 0 aliphatic carbocycles. The van der Waals surface area contributed by atoms with Crippen molar-refractivity contribution in [3.05, 3.63) is 24.7 Å². The Kier molecular flexibility index (Phi) is 2.52. The third-order valence-corrected chi connectivity index (χ3v) is 2.21. The molecule has 2 heterocycles. The van der Waals surface area contributed by atoms with Gasteiger partial charge in [0.05, 0.1) is 17.9 Å². The van der Waals surface area contributed by atoms with Crippen LogP contribution in [0, 0.1) is 0 Å². The minimum Gasteiger partial charge on any atom is -0.262 e. The van der Waals surface area contributed by atoms with Crippen molar-refractivity contribution in [3.8, 4) is 0 Å². The second-order valence-electron chi connectivity index (χ2n) is 3.44. The molecule has 0 saturated heterocycles. The predicted octanol–water partition coefficient (Wildman–Crippen LogP) is 2.63. The van der Waals surface area contributed by atoms with E-state index in [0.29, 0.717) is 10.1 Å². The lowest BCUT2D eigenvalue weighted by atomic mass is 10.3. The molecule has 0 bridgehead atoms. The number of alkyl halides is 5. The molecule has 0 saturated carbocycles. The van der Waals surface area contributed by atoms with Crippen LogP contribution in [0.3, 0.4) is 0 Å². The van der Waals surface area contributed by atoms with Crippen molar-refractivity contribution in [1.29, 1.82) is 0 Å². The molecule has 0 fully saturated rings. The molecular formula is C9H6F5N3. The largest absolute Gasteiger partial charge is 0.455 e. The fourth-order valence-corrected chi connectivity index (χ4v) is 1.32. The molecule has 0 N–H and O–H groups in total. The van der Waals surface area contributed by atoms with Gasteiger partial charge in [-0.25, -0.2) is 0 Å². The second kappa shape index (κ2) is 3.64. The Morgan fingerprint density at radius 2 is 1.82 bits per heavy atom. The smallest absolute Gasteiger partial charge is 0.262 e. The first-order valence-corrected chi connectivity index (χ1v) is 4.51. The van der Waals surface area contributed by atoms with Crippen LogP contribution in [0.15, 0.2) is 24.7 Å². The molecule has 8 heteroatoms. The Morgan fingerprint density at radius 3 is 2.47 bits per heavy atom. The van der Waals surface area contributed by atoms with Crippen LogP contribution in [0.5, 0.6) is 0 Å². The van der Waals surface area contributed by atoms with Crippen LogP contribution in [0.2, 0.25) is 0 Å². The summed E-state index contributed by atoms with van der Waals surface area (Å²) in [6.07, 6.45) is -1.79. The molecule has 17 heavy (non-hydrogen) atoms. The number of nitrogens with zero attached hydrogens (tertiary/aromatic N) is 3. The minimum absolute atomic E-state index is 0.136. The van der Waals surface area contributed by atoms with E-state index in [-0.39, 0.29) is 5.52 Å². The van der Waals surface area contributed by atoms with Gasteiger partial charge in [0, 0.05) is 11.6 Å². The van der Waals surface area contributed by atoms with Gasteiger partial charge >= 0.3 is 12.1 Å².